The predicted octanol–water partition coefficient (Wildman–Crippen LogP) is 0.794. The van der Waals surface area contributed by atoms with Gasteiger partial charge in [-0.15, -0.1) is 11.6 Å². The third-order valence-corrected chi connectivity index (χ3v) is 3.55. The third-order valence-electron chi connectivity index (χ3n) is 1.90. The summed E-state index contributed by atoms with van der Waals surface area (Å²) >= 11 is 5.40. The van der Waals surface area contributed by atoms with E-state index >= 15 is 0 Å². The van der Waals surface area contributed by atoms with E-state index in [0.717, 1.165) is 0 Å². The van der Waals surface area contributed by atoms with Gasteiger partial charge in [0.25, 0.3) is 0 Å². The molecule has 0 radical (unpaired) electrons. The van der Waals surface area contributed by atoms with Crippen LogP contribution in [0.5, 0.6) is 5.75 Å². The standard InChI is InChI=1S/C9H13ClN2O3S/c1-15-9-3-2-7(6-8(9)11)16(13,14)12-5-4-10/h2-3,6,12H,4-5,11H2,1H3. The lowest BCUT2D eigenvalue weighted by Crippen LogP contribution is -2.25. The van der Waals surface area contributed by atoms with Crippen molar-refractivity contribution in [1.29, 1.82) is 0 Å². The van der Waals surface area contributed by atoms with E-state index in [9.17, 15) is 8.42 Å². The summed E-state index contributed by atoms with van der Waals surface area (Å²) in [4.78, 5) is 0.0934. The minimum Gasteiger partial charge on any atom is -0.495 e. The second-order valence-corrected chi connectivity index (χ2v) is 5.14. The van der Waals surface area contributed by atoms with Crippen LogP contribution in [0.2, 0.25) is 0 Å². The molecule has 0 atom stereocenters. The van der Waals surface area contributed by atoms with Gasteiger partial charge in [-0.25, -0.2) is 13.1 Å². The molecule has 1 rings (SSSR count). The fourth-order valence-corrected chi connectivity index (χ4v) is 2.41. The van der Waals surface area contributed by atoms with Gasteiger partial charge in [-0.2, -0.15) is 0 Å². The molecule has 0 aliphatic carbocycles. The monoisotopic (exact) mass is 264 g/mol. The fourth-order valence-electron chi connectivity index (χ4n) is 1.14. The van der Waals surface area contributed by atoms with Crippen molar-refractivity contribution >= 4 is 27.3 Å². The molecule has 0 saturated carbocycles. The summed E-state index contributed by atoms with van der Waals surface area (Å²) in [5.41, 5.74) is 5.89. The second kappa shape index (κ2) is 5.38. The average molecular weight is 265 g/mol. The summed E-state index contributed by atoms with van der Waals surface area (Å²) in [5.74, 6) is 0.654. The van der Waals surface area contributed by atoms with E-state index in [2.05, 4.69) is 4.72 Å². The van der Waals surface area contributed by atoms with Gasteiger partial charge in [-0.05, 0) is 18.2 Å². The Labute approximate surface area is 99.6 Å². The minimum atomic E-state index is -3.54. The van der Waals surface area contributed by atoms with Crippen LogP contribution in [0, 0.1) is 0 Å². The van der Waals surface area contributed by atoms with Crippen molar-refractivity contribution in [3.8, 4) is 5.75 Å². The van der Waals surface area contributed by atoms with Crippen LogP contribution in [0.3, 0.4) is 0 Å². The molecule has 0 spiro atoms. The van der Waals surface area contributed by atoms with Crippen molar-refractivity contribution in [2.24, 2.45) is 0 Å². The van der Waals surface area contributed by atoms with E-state index in [1.54, 1.807) is 0 Å². The lowest BCUT2D eigenvalue weighted by molar-refractivity contribution is 0.416. The first-order chi connectivity index (χ1) is 7.51. The zero-order valence-electron chi connectivity index (χ0n) is 8.73. The zero-order chi connectivity index (χ0) is 12.2. The Bertz CT molecular complexity index is 462. The van der Waals surface area contributed by atoms with Crippen LogP contribution in [0.4, 0.5) is 5.69 Å². The molecule has 7 heteroatoms. The van der Waals surface area contributed by atoms with Crippen LogP contribution in [0.1, 0.15) is 0 Å². The SMILES string of the molecule is COc1ccc(S(=O)(=O)NCCCl)cc1N. The molecule has 0 bridgehead atoms. The highest BCUT2D eigenvalue weighted by Gasteiger charge is 2.14. The first-order valence-electron chi connectivity index (χ1n) is 4.50. The Morgan fingerprint density at radius 2 is 2.19 bits per heavy atom. The van der Waals surface area contributed by atoms with Gasteiger partial charge in [0.05, 0.1) is 17.7 Å². The predicted molar refractivity (Wildman–Crippen MR) is 63.3 cm³/mol. The highest BCUT2D eigenvalue weighted by Crippen LogP contribution is 2.24. The first kappa shape index (κ1) is 13.1. The van der Waals surface area contributed by atoms with Crippen molar-refractivity contribution in [1.82, 2.24) is 4.72 Å². The molecule has 3 N–H and O–H groups in total. The molecule has 0 saturated heterocycles. The molecule has 0 heterocycles. The van der Waals surface area contributed by atoms with Gasteiger partial charge < -0.3 is 10.5 Å². The molecule has 0 unspecified atom stereocenters. The molecular weight excluding hydrogens is 252 g/mol. The number of sulfonamides is 1. The van der Waals surface area contributed by atoms with E-state index in [4.69, 9.17) is 22.1 Å². The quantitative estimate of drug-likeness (QED) is 0.609. The van der Waals surface area contributed by atoms with Gasteiger partial charge in [0.1, 0.15) is 5.75 Å². The van der Waals surface area contributed by atoms with Gasteiger partial charge in [-0.3, -0.25) is 0 Å². The maximum atomic E-state index is 11.7. The Hall–Kier alpha value is -0.980. The maximum absolute atomic E-state index is 11.7. The van der Waals surface area contributed by atoms with E-state index < -0.39 is 10.0 Å². The van der Waals surface area contributed by atoms with Crippen molar-refractivity contribution < 1.29 is 13.2 Å². The number of nitrogens with one attached hydrogen (secondary N) is 1. The number of anilines is 1. The number of halogens is 1. The Morgan fingerprint density at radius 3 is 2.69 bits per heavy atom. The number of hydrogen-bond donors (Lipinski definition) is 2. The van der Waals surface area contributed by atoms with Crippen molar-refractivity contribution in [2.75, 3.05) is 25.3 Å². The molecule has 0 aliphatic rings. The molecule has 1 aromatic rings. The van der Waals surface area contributed by atoms with E-state index in [1.165, 1.54) is 25.3 Å². The molecular formula is C9H13ClN2O3S. The lowest BCUT2D eigenvalue weighted by atomic mass is 10.3. The third kappa shape index (κ3) is 3.01. The number of alkyl halides is 1. The van der Waals surface area contributed by atoms with Gasteiger partial charge in [-0.1, -0.05) is 0 Å². The Morgan fingerprint density at radius 1 is 1.50 bits per heavy atom. The minimum absolute atomic E-state index is 0.0934. The van der Waals surface area contributed by atoms with Crippen molar-refractivity contribution in [3.63, 3.8) is 0 Å². The molecule has 0 fully saturated rings. The Balaban J connectivity index is 3.01. The van der Waals surface area contributed by atoms with Crippen molar-refractivity contribution in [3.05, 3.63) is 18.2 Å². The van der Waals surface area contributed by atoms with E-state index in [1.807, 2.05) is 0 Å². The molecule has 5 nitrogen and oxygen atoms in total. The van der Waals surface area contributed by atoms with Crippen LogP contribution >= 0.6 is 11.6 Å². The Kier molecular flexibility index (Phi) is 4.40. The summed E-state index contributed by atoms with van der Waals surface area (Å²) in [5, 5.41) is 0. The normalized spacial score (nSPS) is 11.4. The summed E-state index contributed by atoms with van der Waals surface area (Å²) < 4.78 is 30.6. The van der Waals surface area contributed by atoms with Crippen LogP contribution in [-0.4, -0.2) is 28.0 Å². The van der Waals surface area contributed by atoms with Crippen LogP contribution in [0.15, 0.2) is 23.1 Å². The van der Waals surface area contributed by atoms with E-state index in [-0.39, 0.29) is 23.0 Å². The molecule has 1 aromatic carbocycles. The van der Waals surface area contributed by atoms with Gasteiger partial charge in [0, 0.05) is 12.4 Å². The van der Waals surface area contributed by atoms with Crippen LogP contribution in [0.25, 0.3) is 0 Å². The van der Waals surface area contributed by atoms with Crippen molar-refractivity contribution in [2.45, 2.75) is 4.90 Å². The first-order valence-corrected chi connectivity index (χ1v) is 6.52. The number of rotatable bonds is 5. The highest BCUT2D eigenvalue weighted by molar-refractivity contribution is 7.89. The number of nitrogens with two attached hydrogens (primary N) is 1. The molecule has 0 aliphatic heterocycles. The number of benzene rings is 1. The van der Waals surface area contributed by atoms with Gasteiger partial charge in [0.15, 0.2) is 0 Å². The zero-order valence-corrected chi connectivity index (χ0v) is 10.3. The summed E-state index contributed by atoms with van der Waals surface area (Å²) in [6.45, 7) is 0.176. The number of hydrogen-bond acceptors (Lipinski definition) is 4. The summed E-state index contributed by atoms with van der Waals surface area (Å²) in [7, 11) is -2.08. The number of ether oxygens (including phenoxy) is 1. The summed E-state index contributed by atoms with van der Waals surface area (Å²) in [6, 6.07) is 4.27. The van der Waals surface area contributed by atoms with Crippen LogP contribution in [-0.2, 0) is 10.0 Å². The van der Waals surface area contributed by atoms with E-state index in [0.29, 0.717) is 5.75 Å². The lowest BCUT2D eigenvalue weighted by Gasteiger charge is -2.08. The number of nitrogen functional groups attached to an aromatic ring is 1. The maximum Gasteiger partial charge on any atom is 0.240 e. The van der Waals surface area contributed by atoms with Crippen LogP contribution < -0.4 is 15.2 Å². The largest absolute Gasteiger partial charge is 0.495 e. The molecule has 16 heavy (non-hydrogen) atoms. The van der Waals surface area contributed by atoms with Gasteiger partial charge in [0.2, 0.25) is 10.0 Å². The summed E-state index contributed by atoms with van der Waals surface area (Å²) in [6.07, 6.45) is 0. The molecule has 90 valence electrons. The second-order valence-electron chi connectivity index (χ2n) is 2.99. The molecule has 0 amide bonds. The highest BCUT2D eigenvalue weighted by atomic mass is 35.5. The topological polar surface area (TPSA) is 81.4 Å². The fraction of sp³-hybridized carbons (Fsp3) is 0.333. The van der Waals surface area contributed by atoms with Gasteiger partial charge >= 0.3 is 0 Å². The average Bonchev–Trinajstić information content (AvgIpc) is 2.26. The molecule has 0 aromatic heterocycles. The smallest absolute Gasteiger partial charge is 0.240 e. The number of methoxy groups -OCH3 is 1.